The Balaban J connectivity index is 0.749. The molecule has 4 aromatic carbocycles. The van der Waals surface area contributed by atoms with Crippen molar-refractivity contribution in [3.63, 3.8) is 0 Å². The minimum Gasteiger partial charge on any atom is -0.494 e. The molecule has 1 aromatic heterocycles. The molecule has 5 N–H and O–H groups in total. The Morgan fingerprint density at radius 1 is 0.944 bits per heavy atom. The van der Waals surface area contributed by atoms with E-state index in [4.69, 9.17) is 31.9 Å². The summed E-state index contributed by atoms with van der Waals surface area (Å²) >= 11 is 6.69. The number of rotatable bonds is 11. The number of likely N-dealkylation sites (tertiary alicyclic amines) is 2. The summed E-state index contributed by atoms with van der Waals surface area (Å²) in [5.74, 6) is -1.91. The second-order valence-electron chi connectivity index (χ2n) is 20.2. The van der Waals surface area contributed by atoms with Gasteiger partial charge in [0.15, 0.2) is 23.0 Å². The van der Waals surface area contributed by atoms with Crippen LogP contribution in [0.2, 0.25) is 5.02 Å². The SMILES string of the molecule is COc1ccc(C(N)=O)c(-c2c(Cl)c(F)cc3c2[C@H](C)[C@@](/C=C\NC2CCC(C(=O)N4CCCC(N5CCC(c6ccc7c(N8CCC(O)NC8=O)nn(C)c7c6)CC5)CC4)CC2)(c2ccccc2)O3)c1F. The van der Waals surface area contributed by atoms with Gasteiger partial charge in [0.2, 0.25) is 11.8 Å². The Kier molecular flexibility index (Phi) is 13.9. The number of primary amides is 1. The fourth-order valence-electron chi connectivity index (χ4n) is 12.2. The van der Waals surface area contributed by atoms with Crippen LogP contribution >= 0.6 is 11.6 Å². The number of aliphatic hydroxyl groups excluding tert-OH is 1. The maximum atomic E-state index is 16.2. The predicted octanol–water partition coefficient (Wildman–Crippen LogP) is 8.83. The lowest BCUT2D eigenvalue weighted by molar-refractivity contribution is -0.136. The Bertz CT molecular complexity index is 2900. The second-order valence-corrected chi connectivity index (χ2v) is 20.6. The van der Waals surface area contributed by atoms with Gasteiger partial charge in [-0.2, -0.15) is 5.10 Å². The molecule has 1 aliphatic carbocycles. The average molecular weight is 1010 g/mol. The summed E-state index contributed by atoms with van der Waals surface area (Å²) in [5.41, 5.74) is 7.60. The number of aromatic nitrogens is 2. The molecular formula is C55H63ClF2N8O6. The van der Waals surface area contributed by atoms with Crippen LogP contribution in [0, 0.1) is 17.6 Å². The van der Waals surface area contributed by atoms with Crippen molar-refractivity contribution in [2.45, 2.75) is 107 Å². The number of halogens is 3. The van der Waals surface area contributed by atoms with Gasteiger partial charge in [0.25, 0.3) is 0 Å². The Hall–Kier alpha value is -6.23. The number of piperidine rings is 1. The van der Waals surface area contributed by atoms with Crippen LogP contribution in [-0.4, -0.2) is 101 Å². The number of nitrogens with one attached hydrogen (secondary N) is 2. The van der Waals surface area contributed by atoms with Gasteiger partial charge >= 0.3 is 6.03 Å². The van der Waals surface area contributed by atoms with Gasteiger partial charge in [-0.15, -0.1) is 0 Å². The molecular weight excluding hydrogens is 942 g/mol. The molecule has 5 aromatic rings. The molecule has 5 aliphatic rings. The zero-order chi connectivity index (χ0) is 50.4. The molecule has 4 aliphatic heterocycles. The summed E-state index contributed by atoms with van der Waals surface area (Å²) in [4.78, 5) is 45.8. The van der Waals surface area contributed by atoms with Gasteiger partial charge in [-0.1, -0.05) is 54.9 Å². The minimum atomic E-state index is -1.18. The van der Waals surface area contributed by atoms with Crippen molar-refractivity contribution in [2.75, 3.05) is 44.7 Å². The second kappa shape index (κ2) is 20.3. The van der Waals surface area contributed by atoms with Crippen molar-refractivity contribution in [3.8, 4) is 22.6 Å². The summed E-state index contributed by atoms with van der Waals surface area (Å²) in [6.07, 6.45) is 11.7. The molecule has 0 radical (unpaired) electrons. The highest BCUT2D eigenvalue weighted by atomic mass is 35.5. The third-order valence-electron chi connectivity index (χ3n) is 16.2. The van der Waals surface area contributed by atoms with Gasteiger partial charge in [-0.05, 0) is 124 Å². The third kappa shape index (κ3) is 9.14. The number of fused-ring (bicyclic) bond motifs is 2. The summed E-state index contributed by atoms with van der Waals surface area (Å²) in [6, 6.07) is 20.1. The van der Waals surface area contributed by atoms with Gasteiger partial charge in [0.05, 0.1) is 23.2 Å². The van der Waals surface area contributed by atoms with Crippen LogP contribution in [0.3, 0.4) is 0 Å². The minimum absolute atomic E-state index is 0.0191. The predicted molar refractivity (Wildman–Crippen MR) is 272 cm³/mol. The number of aliphatic hydroxyl groups is 1. The number of amides is 4. The molecule has 14 nitrogen and oxygen atoms in total. The molecule has 0 bridgehead atoms. The molecule has 72 heavy (non-hydrogen) atoms. The highest BCUT2D eigenvalue weighted by Crippen LogP contribution is 2.57. The number of ether oxygens (including phenoxy) is 2. The topological polar surface area (TPSA) is 168 Å². The maximum absolute atomic E-state index is 16.2. The maximum Gasteiger partial charge on any atom is 0.325 e. The van der Waals surface area contributed by atoms with E-state index in [1.54, 1.807) is 4.90 Å². The summed E-state index contributed by atoms with van der Waals surface area (Å²) in [6.45, 7) is 5.89. The van der Waals surface area contributed by atoms with Crippen LogP contribution in [0.1, 0.15) is 110 Å². The summed E-state index contributed by atoms with van der Waals surface area (Å²) in [7, 11) is 3.21. The van der Waals surface area contributed by atoms with Gasteiger partial charge in [-0.3, -0.25) is 19.2 Å². The smallest absolute Gasteiger partial charge is 0.325 e. The molecule has 10 rings (SSSR count). The molecule has 380 valence electrons. The van der Waals surface area contributed by atoms with Crippen LogP contribution < -0.4 is 30.7 Å². The Morgan fingerprint density at radius 3 is 2.43 bits per heavy atom. The lowest BCUT2D eigenvalue weighted by Crippen LogP contribution is -2.52. The average Bonchev–Trinajstić information content (AvgIpc) is 3.71. The molecule has 17 heteroatoms. The van der Waals surface area contributed by atoms with Gasteiger partial charge < -0.3 is 40.7 Å². The van der Waals surface area contributed by atoms with E-state index in [1.807, 2.05) is 61.3 Å². The fourth-order valence-corrected chi connectivity index (χ4v) is 12.4. The quantitative estimate of drug-likeness (QED) is 0.101. The van der Waals surface area contributed by atoms with Crippen molar-refractivity contribution in [1.29, 1.82) is 0 Å². The van der Waals surface area contributed by atoms with Gasteiger partial charge in [0, 0.05) is 85.2 Å². The number of aryl methyl sites for hydroxylation is 1. The molecule has 1 saturated carbocycles. The number of benzene rings is 4. The number of carbonyl (C=O) groups is 3. The molecule has 4 atom stereocenters. The molecule has 4 fully saturated rings. The zero-order valence-corrected chi connectivity index (χ0v) is 41.8. The van der Waals surface area contributed by atoms with Crippen molar-refractivity contribution in [1.82, 2.24) is 30.2 Å². The largest absolute Gasteiger partial charge is 0.494 e. The fraction of sp³-hybridized carbons (Fsp3) is 0.455. The molecule has 5 heterocycles. The normalized spacial score (nSPS) is 25.3. The first-order valence-corrected chi connectivity index (χ1v) is 25.8. The van der Waals surface area contributed by atoms with Crippen molar-refractivity contribution in [2.24, 2.45) is 18.7 Å². The van der Waals surface area contributed by atoms with Crippen LogP contribution in [0.5, 0.6) is 11.5 Å². The van der Waals surface area contributed by atoms with Crippen molar-refractivity contribution in [3.05, 3.63) is 118 Å². The molecule has 0 spiro atoms. The van der Waals surface area contributed by atoms with E-state index < -0.39 is 35.3 Å². The van der Waals surface area contributed by atoms with E-state index in [2.05, 4.69) is 38.6 Å². The summed E-state index contributed by atoms with van der Waals surface area (Å²) in [5, 5.41) is 21.3. The third-order valence-corrected chi connectivity index (χ3v) is 16.6. The Morgan fingerprint density at radius 2 is 1.71 bits per heavy atom. The van der Waals surface area contributed by atoms with E-state index in [-0.39, 0.29) is 57.1 Å². The highest BCUT2D eigenvalue weighted by molar-refractivity contribution is 6.34. The van der Waals surface area contributed by atoms with Crippen LogP contribution in [0.15, 0.2) is 79.0 Å². The first-order valence-electron chi connectivity index (χ1n) is 25.4. The number of nitrogens with two attached hydrogens (primary N) is 1. The lowest BCUT2D eigenvalue weighted by Gasteiger charge is -2.37. The highest BCUT2D eigenvalue weighted by Gasteiger charge is 2.49. The number of anilines is 1. The molecule has 3 saturated heterocycles. The number of nitrogens with zero attached hydrogens (tertiary/aromatic N) is 5. The summed E-state index contributed by atoms with van der Waals surface area (Å²) < 4.78 is 45.8. The number of urea groups is 1. The molecule has 2 unspecified atom stereocenters. The number of carbonyl (C=O) groups excluding carboxylic acids is 3. The number of hydrogen-bond donors (Lipinski definition) is 4. The van der Waals surface area contributed by atoms with E-state index in [1.165, 1.54) is 30.9 Å². The number of hydrogen-bond acceptors (Lipinski definition) is 9. The first kappa shape index (κ1) is 49.4. The number of methoxy groups -OCH3 is 1. The Labute approximate surface area is 423 Å². The van der Waals surface area contributed by atoms with E-state index in [0.29, 0.717) is 36.3 Å². The van der Waals surface area contributed by atoms with Crippen LogP contribution in [-0.2, 0) is 17.4 Å². The van der Waals surface area contributed by atoms with Crippen molar-refractivity contribution < 1.29 is 37.7 Å². The van der Waals surface area contributed by atoms with Gasteiger partial charge in [0.1, 0.15) is 17.8 Å². The monoisotopic (exact) mass is 1000 g/mol. The van der Waals surface area contributed by atoms with Crippen LogP contribution in [0.25, 0.3) is 22.0 Å². The van der Waals surface area contributed by atoms with Crippen molar-refractivity contribution >= 4 is 46.2 Å². The van der Waals surface area contributed by atoms with E-state index in [0.717, 1.165) is 100 Å². The van der Waals surface area contributed by atoms with Gasteiger partial charge in [-0.25, -0.2) is 13.6 Å². The van der Waals surface area contributed by atoms with E-state index >= 15 is 8.78 Å². The zero-order valence-electron chi connectivity index (χ0n) is 41.0. The standard InChI is InChI=1S/C55H63ClF2N8O6/c1-32-46-44(31-41(57)49(56)48(46)47-40(51(59)68)17-18-43(71-3)50(47)58)72-55(32,36-8-5-4-6-9-36)23-24-60-37-14-11-34(12-15-37)53(69)65-25-7-10-38(21-28-65)64-26-19-33(20-27-64)35-13-16-39-42(30-35)63(2)62-52(39)66-29-22-45(67)61-54(66)70/h4-6,8-9,13,16-18,23-24,30-34,37-38,45,60,67H,7,10-12,14-15,19-22,25-29H2,1-3H3,(H2,59,68)(H,61,70)/b24-23-/t32-,34?,37?,38?,45?,55-/m0/s1. The van der Waals surface area contributed by atoms with E-state index in [9.17, 15) is 19.5 Å². The van der Waals surface area contributed by atoms with Crippen LogP contribution in [0.4, 0.5) is 19.4 Å². The lowest BCUT2D eigenvalue weighted by atomic mass is 9.77. The molecule has 4 amide bonds. The first-order chi connectivity index (χ1) is 34.8.